The standard InChI is InChI=1S/C16H23N3O2S/c1-12-9-18-11-14-5-3-6-15(16(12)14)22(20,21)19-8-4-7-17-10-13(19)2/h3,5-6,9,11,13,17,20-21H,4,7-8,10H2,1-2H3/t13-/m0/s1. The van der Waals surface area contributed by atoms with E-state index >= 15 is 0 Å². The molecule has 1 aromatic carbocycles. The maximum absolute atomic E-state index is 11.0. The summed E-state index contributed by atoms with van der Waals surface area (Å²) in [6, 6.07) is 5.73. The molecule has 3 rings (SSSR count). The van der Waals surface area contributed by atoms with Gasteiger partial charge in [0.15, 0.2) is 0 Å². The van der Waals surface area contributed by atoms with E-state index in [1.165, 1.54) is 0 Å². The predicted octanol–water partition coefficient (Wildman–Crippen LogP) is 3.25. The summed E-state index contributed by atoms with van der Waals surface area (Å²) in [5, 5.41) is 5.19. The van der Waals surface area contributed by atoms with E-state index in [4.69, 9.17) is 0 Å². The van der Waals surface area contributed by atoms with Crippen molar-refractivity contribution in [3.8, 4) is 0 Å². The Balaban J connectivity index is 2.12. The van der Waals surface area contributed by atoms with Crippen LogP contribution in [0.25, 0.3) is 10.8 Å². The highest BCUT2D eigenvalue weighted by molar-refractivity contribution is 8.22. The van der Waals surface area contributed by atoms with Crippen LogP contribution >= 0.6 is 10.8 Å². The Labute approximate surface area is 132 Å². The fourth-order valence-electron chi connectivity index (χ4n) is 3.10. The van der Waals surface area contributed by atoms with Crippen molar-refractivity contribution in [3.63, 3.8) is 0 Å². The molecule has 0 amide bonds. The summed E-state index contributed by atoms with van der Waals surface area (Å²) in [5.41, 5.74) is 0.966. The van der Waals surface area contributed by atoms with Crippen LogP contribution in [-0.4, -0.2) is 44.1 Å². The van der Waals surface area contributed by atoms with Gasteiger partial charge in [-0.15, -0.1) is 10.8 Å². The smallest absolute Gasteiger partial charge is 0.0834 e. The van der Waals surface area contributed by atoms with Crippen LogP contribution in [0.15, 0.2) is 35.5 Å². The van der Waals surface area contributed by atoms with Crippen molar-refractivity contribution in [3.05, 3.63) is 36.2 Å². The van der Waals surface area contributed by atoms with Crippen LogP contribution in [0.4, 0.5) is 0 Å². The molecule has 1 atom stereocenters. The SMILES string of the molecule is Cc1cncc2cccc(S(O)(O)N3CCCNC[C@@H]3C)c12. The van der Waals surface area contributed by atoms with E-state index in [9.17, 15) is 9.11 Å². The van der Waals surface area contributed by atoms with Crippen LogP contribution in [0.1, 0.15) is 18.9 Å². The quantitative estimate of drug-likeness (QED) is 0.792. The Hall–Kier alpha value is -1.18. The highest BCUT2D eigenvalue weighted by Crippen LogP contribution is 2.55. The number of aryl methyl sites for hydroxylation is 1. The van der Waals surface area contributed by atoms with Gasteiger partial charge in [-0.2, -0.15) is 4.31 Å². The van der Waals surface area contributed by atoms with Crippen molar-refractivity contribution in [2.75, 3.05) is 19.6 Å². The number of nitrogens with zero attached hydrogens (tertiary/aromatic N) is 2. The van der Waals surface area contributed by atoms with E-state index in [2.05, 4.69) is 10.3 Å². The zero-order chi connectivity index (χ0) is 15.7. The van der Waals surface area contributed by atoms with Gasteiger partial charge in [0, 0.05) is 42.3 Å². The molecule has 1 aliphatic rings. The van der Waals surface area contributed by atoms with Crippen molar-refractivity contribution >= 4 is 21.5 Å². The van der Waals surface area contributed by atoms with E-state index in [1.807, 2.05) is 36.4 Å². The number of rotatable bonds is 2. The van der Waals surface area contributed by atoms with Crippen molar-refractivity contribution in [2.45, 2.75) is 31.2 Å². The summed E-state index contributed by atoms with van der Waals surface area (Å²) < 4.78 is 23.9. The first-order valence-corrected chi connectivity index (χ1v) is 9.11. The Kier molecular flexibility index (Phi) is 4.38. The molecule has 0 bridgehead atoms. The lowest BCUT2D eigenvalue weighted by Crippen LogP contribution is -2.39. The van der Waals surface area contributed by atoms with Gasteiger partial charge in [0.1, 0.15) is 0 Å². The van der Waals surface area contributed by atoms with Gasteiger partial charge >= 0.3 is 0 Å². The number of pyridine rings is 1. The summed E-state index contributed by atoms with van der Waals surface area (Å²) in [7, 11) is -3.02. The van der Waals surface area contributed by atoms with Crippen LogP contribution in [0.3, 0.4) is 0 Å². The Morgan fingerprint density at radius 2 is 2.14 bits per heavy atom. The molecule has 2 heterocycles. The molecule has 0 radical (unpaired) electrons. The molecule has 0 unspecified atom stereocenters. The predicted molar refractivity (Wildman–Crippen MR) is 91.2 cm³/mol. The molecule has 1 aromatic heterocycles. The molecule has 1 fully saturated rings. The third kappa shape index (κ3) is 2.73. The van der Waals surface area contributed by atoms with Gasteiger partial charge in [0.25, 0.3) is 0 Å². The lowest BCUT2D eigenvalue weighted by molar-refractivity contribution is 0.306. The van der Waals surface area contributed by atoms with E-state index < -0.39 is 10.8 Å². The molecule has 0 spiro atoms. The molecule has 0 saturated carbocycles. The minimum atomic E-state index is -3.02. The number of hydrogen-bond donors (Lipinski definition) is 3. The van der Waals surface area contributed by atoms with Crippen LogP contribution < -0.4 is 5.32 Å². The Bertz CT molecular complexity index is 672. The largest absolute Gasteiger partial charge is 0.315 e. The summed E-state index contributed by atoms with van der Waals surface area (Å²) >= 11 is 0. The van der Waals surface area contributed by atoms with Gasteiger partial charge in [0.05, 0.1) is 4.90 Å². The van der Waals surface area contributed by atoms with E-state index in [0.29, 0.717) is 11.4 Å². The van der Waals surface area contributed by atoms with Crippen LogP contribution in [0.5, 0.6) is 0 Å². The second kappa shape index (κ2) is 6.14. The molecule has 2 aromatic rings. The lowest BCUT2D eigenvalue weighted by atomic mass is 10.1. The fraction of sp³-hybridized carbons (Fsp3) is 0.438. The van der Waals surface area contributed by atoms with Gasteiger partial charge in [-0.1, -0.05) is 12.1 Å². The van der Waals surface area contributed by atoms with Gasteiger partial charge in [-0.05, 0) is 38.4 Å². The van der Waals surface area contributed by atoms with E-state index in [-0.39, 0.29) is 6.04 Å². The molecular weight excluding hydrogens is 298 g/mol. The molecule has 6 heteroatoms. The minimum Gasteiger partial charge on any atom is -0.315 e. The fourth-order valence-corrected chi connectivity index (χ4v) is 5.12. The average Bonchev–Trinajstić information content (AvgIpc) is 2.72. The first kappa shape index (κ1) is 15.7. The van der Waals surface area contributed by atoms with Crippen LogP contribution in [0, 0.1) is 6.92 Å². The van der Waals surface area contributed by atoms with E-state index in [1.54, 1.807) is 12.4 Å². The summed E-state index contributed by atoms with van der Waals surface area (Å²) in [6.45, 7) is 6.35. The monoisotopic (exact) mass is 321 g/mol. The van der Waals surface area contributed by atoms with E-state index in [0.717, 1.165) is 35.8 Å². The average molecular weight is 321 g/mol. The van der Waals surface area contributed by atoms with Crippen LogP contribution in [-0.2, 0) is 0 Å². The first-order chi connectivity index (χ1) is 10.5. The van der Waals surface area contributed by atoms with Crippen molar-refractivity contribution in [1.29, 1.82) is 0 Å². The number of nitrogens with one attached hydrogen (secondary N) is 1. The zero-order valence-corrected chi connectivity index (χ0v) is 13.8. The van der Waals surface area contributed by atoms with Gasteiger partial charge in [0.2, 0.25) is 0 Å². The van der Waals surface area contributed by atoms with Gasteiger partial charge in [-0.25, -0.2) is 0 Å². The van der Waals surface area contributed by atoms with Crippen molar-refractivity contribution in [2.24, 2.45) is 0 Å². The number of benzene rings is 1. The van der Waals surface area contributed by atoms with Crippen molar-refractivity contribution in [1.82, 2.24) is 14.6 Å². The highest BCUT2D eigenvalue weighted by Gasteiger charge is 2.31. The zero-order valence-electron chi connectivity index (χ0n) is 13.0. The third-order valence-electron chi connectivity index (χ3n) is 4.22. The molecule has 1 aliphatic heterocycles. The normalized spacial score (nSPS) is 21.7. The van der Waals surface area contributed by atoms with Gasteiger partial charge < -0.3 is 5.32 Å². The summed E-state index contributed by atoms with van der Waals surface area (Å²) in [5.74, 6) is 0. The summed E-state index contributed by atoms with van der Waals surface area (Å²) in [6.07, 6.45) is 4.45. The molecule has 5 nitrogen and oxygen atoms in total. The summed E-state index contributed by atoms with van der Waals surface area (Å²) in [4.78, 5) is 4.81. The third-order valence-corrected chi connectivity index (χ3v) is 6.35. The minimum absolute atomic E-state index is 0.0740. The van der Waals surface area contributed by atoms with Crippen molar-refractivity contribution < 1.29 is 9.11 Å². The number of hydrogen-bond acceptors (Lipinski definition) is 5. The lowest BCUT2D eigenvalue weighted by Gasteiger charge is -2.45. The maximum Gasteiger partial charge on any atom is 0.0834 e. The Morgan fingerprint density at radius 1 is 1.32 bits per heavy atom. The molecular formula is C16H23N3O2S. The second-order valence-corrected chi connectivity index (χ2v) is 7.82. The molecule has 120 valence electrons. The molecule has 3 N–H and O–H groups in total. The first-order valence-electron chi connectivity index (χ1n) is 7.61. The topological polar surface area (TPSA) is 68.6 Å². The Morgan fingerprint density at radius 3 is 2.95 bits per heavy atom. The van der Waals surface area contributed by atoms with Gasteiger partial charge in [-0.3, -0.25) is 14.1 Å². The molecule has 1 saturated heterocycles. The molecule has 0 aliphatic carbocycles. The van der Waals surface area contributed by atoms with Crippen LogP contribution in [0.2, 0.25) is 0 Å². The second-order valence-electron chi connectivity index (χ2n) is 5.88. The number of aromatic nitrogens is 1. The molecule has 22 heavy (non-hydrogen) atoms. The number of fused-ring (bicyclic) bond motifs is 1. The maximum atomic E-state index is 11.0. The highest BCUT2D eigenvalue weighted by atomic mass is 32.3.